The lowest BCUT2D eigenvalue weighted by Gasteiger charge is -2.04. The number of hydrogen-bond acceptors (Lipinski definition) is 3. The van der Waals surface area contributed by atoms with Crippen molar-refractivity contribution in [1.82, 2.24) is 0 Å². The van der Waals surface area contributed by atoms with Gasteiger partial charge in [-0.15, -0.1) is 0 Å². The summed E-state index contributed by atoms with van der Waals surface area (Å²) in [5.74, 6) is 0. The number of anilines is 2. The highest BCUT2D eigenvalue weighted by molar-refractivity contribution is 5.55. The third-order valence-electron chi connectivity index (χ3n) is 1.77. The van der Waals surface area contributed by atoms with Crippen LogP contribution in [0.5, 0.6) is 0 Å². The van der Waals surface area contributed by atoms with Crippen LogP contribution in [0.25, 0.3) is 0 Å². The van der Waals surface area contributed by atoms with Crippen molar-refractivity contribution in [3.8, 4) is 0 Å². The number of benzene rings is 1. The number of aryl methyl sites for hydroxylation is 1. The average molecular weight is 166 g/mol. The summed E-state index contributed by atoms with van der Waals surface area (Å²) in [6.07, 6.45) is 1.51. The van der Waals surface area contributed by atoms with Crippen molar-refractivity contribution >= 4 is 11.4 Å². The molecule has 1 rings (SSSR count). The van der Waals surface area contributed by atoms with Gasteiger partial charge in [-0.25, -0.2) is 0 Å². The van der Waals surface area contributed by atoms with E-state index in [2.05, 4.69) is 0 Å². The second-order valence-electron chi connectivity index (χ2n) is 2.79. The van der Waals surface area contributed by atoms with E-state index in [0.29, 0.717) is 0 Å². The van der Waals surface area contributed by atoms with Crippen LogP contribution in [-0.2, 0) is 6.42 Å². The van der Waals surface area contributed by atoms with Crippen molar-refractivity contribution in [2.75, 3.05) is 18.1 Å². The van der Waals surface area contributed by atoms with Gasteiger partial charge in [-0.1, -0.05) is 0 Å². The van der Waals surface area contributed by atoms with Gasteiger partial charge in [-0.2, -0.15) is 0 Å². The minimum atomic E-state index is 0.189. The van der Waals surface area contributed by atoms with Crippen molar-refractivity contribution in [3.63, 3.8) is 0 Å². The van der Waals surface area contributed by atoms with Gasteiger partial charge in [0.1, 0.15) is 0 Å². The van der Waals surface area contributed by atoms with Gasteiger partial charge in [-0.3, -0.25) is 0 Å². The molecule has 1 aromatic carbocycles. The minimum absolute atomic E-state index is 0.189. The van der Waals surface area contributed by atoms with Crippen LogP contribution < -0.4 is 11.5 Å². The summed E-state index contributed by atoms with van der Waals surface area (Å²) in [5, 5.41) is 8.62. The summed E-state index contributed by atoms with van der Waals surface area (Å²) in [6, 6.07) is 5.42. The second-order valence-corrected chi connectivity index (χ2v) is 2.79. The van der Waals surface area contributed by atoms with Gasteiger partial charge < -0.3 is 16.6 Å². The molecule has 0 aliphatic rings. The van der Waals surface area contributed by atoms with Gasteiger partial charge >= 0.3 is 0 Å². The normalized spacial score (nSPS) is 10.1. The van der Waals surface area contributed by atoms with Crippen LogP contribution in [0.3, 0.4) is 0 Å². The molecule has 0 radical (unpaired) electrons. The summed E-state index contributed by atoms with van der Waals surface area (Å²) in [6.45, 7) is 0.189. The van der Waals surface area contributed by atoms with E-state index >= 15 is 0 Å². The van der Waals surface area contributed by atoms with Crippen molar-refractivity contribution in [2.45, 2.75) is 12.8 Å². The first-order valence-corrected chi connectivity index (χ1v) is 3.99. The van der Waals surface area contributed by atoms with Crippen LogP contribution in [0.2, 0.25) is 0 Å². The fourth-order valence-corrected chi connectivity index (χ4v) is 1.11. The van der Waals surface area contributed by atoms with Crippen LogP contribution in [0.15, 0.2) is 18.2 Å². The third-order valence-corrected chi connectivity index (χ3v) is 1.77. The maximum absolute atomic E-state index is 8.62. The second kappa shape index (κ2) is 3.97. The van der Waals surface area contributed by atoms with Crippen LogP contribution >= 0.6 is 0 Å². The fraction of sp³-hybridized carbons (Fsp3) is 0.333. The molecule has 0 aliphatic heterocycles. The highest BCUT2D eigenvalue weighted by Gasteiger charge is 1.98. The molecule has 0 aromatic heterocycles. The molecule has 1 aromatic rings. The number of nitrogens with two attached hydrogens (primary N) is 2. The van der Waals surface area contributed by atoms with Gasteiger partial charge in [-0.05, 0) is 36.6 Å². The molecular formula is C9H14N2O. The number of hydrogen-bond donors (Lipinski definition) is 3. The van der Waals surface area contributed by atoms with Crippen LogP contribution in [0.4, 0.5) is 11.4 Å². The number of aliphatic hydroxyl groups excluding tert-OH is 1. The van der Waals surface area contributed by atoms with Gasteiger partial charge in [0.15, 0.2) is 0 Å². The maximum atomic E-state index is 8.62. The highest BCUT2D eigenvalue weighted by atomic mass is 16.2. The van der Waals surface area contributed by atoms with Gasteiger partial charge in [0.05, 0.1) is 0 Å². The van der Waals surface area contributed by atoms with E-state index in [1.165, 1.54) is 0 Å². The molecule has 12 heavy (non-hydrogen) atoms. The van der Waals surface area contributed by atoms with Crippen LogP contribution in [-0.4, -0.2) is 11.7 Å². The number of aliphatic hydroxyl groups is 1. The SMILES string of the molecule is Nc1ccc(N)c(CCCO)c1. The monoisotopic (exact) mass is 166 g/mol. The molecule has 0 heterocycles. The summed E-state index contributed by atoms with van der Waals surface area (Å²) in [4.78, 5) is 0. The van der Waals surface area contributed by atoms with Gasteiger partial charge in [0, 0.05) is 18.0 Å². The van der Waals surface area contributed by atoms with E-state index < -0.39 is 0 Å². The molecule has 0 saturated heterocycles. The third kappa shape index (κ3) is 2.13. The Bertz CT molecular complexity index is 261. The molecule has 0 atom stereocenters. The van der Waals surface area contributed by atoms with Gasteiger partial charge in [0.25, 0.3) is 0 Å². The molecule has 66 valence electrons. The molecule has 3 heteroatoms. The Labute approximate surface area is 72.0 Å². The average Bonchev–Trinajstić information content (AvgIpc) is 2.07. The molecule has 0 amide bonds. The standard InChI is InChI=1S/C9H14N2O/c10-8-3-4-9(11)7(6-8)2-1-5-12/h3-4,6,12H,1-2,5,10-11H2. The van der Waals surface area contributed by atoms with Gasteiger partial charge in [0.2, 0.25) is 0 Å². The molecule has 0 unspecified atom stereocenters. The predicted octanol–water partition coefficient (Wildman–Crippen LogP) is 0.776. The molecule has 0 spiro atoms. The van der Waals surface area contributed by atoms with Crippen LogP contribution in [0.1, 0.15) is 12.0 Å². The zero-order valence-electron chi connectivity index (χ0n) is 6.96. The largest absolute Gasteiger partial charge is 0.399 e. The first-order chi connectivity index (χ1) is 5.74. The lowest BCUT2D eigenvalue weighted by molar-refractivity contribution is 0.288. The zero-order chi connectivity index (χ0) is 8.97. The van der Waals surface area contributed by atoms with E-state index in [4.69, 9.17) is 16.6 Å². The lowest BCUT2D eigenvalue weighted by Crippen LogP contribution is -1.97. The Morgan fingerprint density at radius 1 is 1.25 bits per heavy atom. The predicted molar refractivity (Wildman–Crippen MR) is 50.7 cm³/mol. The smallest absolute Gasteiger partial charge is 0.0434 e. The van der Waals surface area contributed by atoms with E-state index in [9.17, 15) is 0 Å². The van der Waals surface area contributed by atoms with Crippen molar-refractivity contribution in [2.24, 2.45) is 0 Å². The van der Waals surface area contributed by atoms with Crippen LogP contribution in [0, 0.1) is 0 Å². The Morgan fingerprint density at radius 2 is 2.00 bits per heavy atom. The van der Waals surface area contributed by atoms with E-state index in [0.717, 1.165) is 29.8 Å². The van der Waals surface area contributed by atoms with E-state index in [1.54, 1.807) is 12.1 Å². The summed E-state index contributed by atoms with van der Waals surface area (Å²) in [7, 11) is 0. The van der Waals surface area contributed by atoms with Crippen molar-refractivity contribution in [3.05, 3.63) is 23.8 Å². The summed E-state index contributed by atoms with van der Waals surface area (Å²) < 4.78 is 0. The maximum Gasteiger partial charge on any atom is 0.0434 e. The molecule has 0 fully saturated rings. The Balaban J connectivity index is 2.75. The highest BCUT2D eigenvalue weighted by Crippen LogP contribution is 2.16. The number of nitrogen functional groups attached to an aromatic ring is 2. The first kappa shape index (κ1) is 8.87. The minimum Gasteiger partial charge on any atom is -0.399 e. The van der Waals surface area contributed by atoms with Crippen molar-refractivity contribution < 1.29 is 5.11 Å². The van der Waals surface area contributed by atoms with Crippen molar-refractivity contribution in [1.29, 1.82) is 0 Å². The molecule has 5 N–H and O–H groups in total. The molecule has 3 nitrogen and oxygen atoms in total. The topological polar surface area (TPSA) is 72.3 Å². The van der Waals surface area contributed by atoms with E-state index in [1.807, 2.05) is 6.07 Å². The molecular weight excluding hydrogens is 152 g/mol. The summed E-state index contributed by atoms with van der Waals surface area (Å²) >= 11 is 0. The zero-order valence-corrected chi connectivity index (χ0v) is 6.96. The molecule has 0 aliphatic carbocycles. The summed E-state index contributed by atoms with van der Waals surface area (Å²) in [5.41, 5.74) is 13.8. The molecule has 0 saturated carbocycles. The van der Waals surface area contributed by atoms with E-state index in [-0.39, 0.29) is 6.61 Å². The first-order valence-electron chi connectivity index (χ1n) is 3.99. The Hall–Kier alpha value is -1.22. The lowest BCUT2D eigenvalue weighted by atomic mass is 10.1. The Morgan fingerprint density at radius 3 is 2.67 bits per heavy atom. The number of rotatable bonds is 3. The molecule has 0 bridgehead atoms. The fourth-order valence-electron chi connectivity index (χ4n) is 1.11. The Kier molecular flexibility index (Phi) is 2.94. The quantitative estimate of drug-likeness (QED) is 0.581.